The molecule has 5 rings (SSSR count). The Bertz CT molecular complexity index is 1420. The highest BCUT2D eigenvalue weighted by Gasteiger charge is 2.34. The molecule has 4 heterocycles. The monoisotopic (exact) mass is 512 g/mol. The molecule has 3 aromatic heterocycles. The number of hydrogen-bond donors (Lipinski definition) is 3. The van der Waals surface area contributed by atoms with E-state index in [4.69, 9.17) is 15.2 Å². The first-order valence-electron chi connectivity index (χ1n) is 13.5. The van der Waals surface area contributed by atoms with Crippen LogP contribution in [0.15, 0.2) is 36.7 Å². The van der Waals surface area contributed by atoms with E-state index in [1.54, 1.807) is 4.68 Å². The number of nitrogens with zero attached hydrogens (tertiary/aromatic N) is 7. The SMILES string of the molecule is CCC1CC(Nc2nc(Nc3cc(C)[nH]n3)c3ccc(-c4cnn(C)c4)cc3n2)CC(CC)N1CCC#N. The van der Waals surface area contributed by atoms with Crippen molar-refractivity contribution in [2.24, 2.45) is 7.05 Å². The summed E-state index contributed by atoms with van der Waals surface area (Å²) in [4.78, 5) is 12.4. The summed E-state index contributed by atoms with van der Waals surface area (Å²) in [5.74, 6) is 2.04. The third-order valence-electron chi connectivity index (χ3n) is 7.50. The molecule has 10 heteroatoms. The number of likely N-dealkylation sites (tertiary alicyclic amines) is 1. The zero-order chi connectivity index (χ0) is 26.6. The molecule has 1 aromatic carbocycles. The minimum Gasteiger partial charge on any atom is -0.351 e. The van der Waals surface area contributed by atoms with Gasteiger partial charge in [-0.25, -0.2) is 4.98 Å². The molecule has 0 amide bonds. The second-order valence-corrected chi connectivity index (χ2v) is 10.2. The molecule has 0 aliphatic carbocycles. The topological polar surface area (TPSA) is 123 Å². The number of hydrogen-bond acceptors (Lipinski definition) is 8. The maximum Gasteiger partial charge on any atom is 0.225 e. The molecule has 1 aliphatic rings. The number of H-pyrrole nitrogens is 1. The van der Waals surface area contributed by atoms with E-state index in [2.05, 4.69) is 68.9 Å². The van der Waals surface area contributed by atoms with Gasteiger partial charge in [-0.05, 0) is 50.3 Å². The van der Waals surface area contributed by atoms with Crippen molar-refractivity contribution in [2.75, 3.05) is 17.2 Å². The maximum atomic E-state index is 9.15. The molecule has 0 spiro atoms. The van der Waals surface area contributed by atoms with E-state index >= 15 is 0 Å². The van der Waals surface area contributed by atoms with Gasteiger partial charge >= 0.3 is 0 Å². The van der Waals surface area contributed by atoms with E-state index in [1.807, 2.05) is 32.4 Å². The predicted octanol–water partition coefficient (Wildman–Crippen LogP) is 5.15. The van der Waals surface area contributed by atoms with Gasteiger partial charge in [-0.1, -0.05) is 19.9 Å². The van der Waals surface area contributed by atoms with Gasteiger partial charge in [-0.3, -0.25) is 14.7 Å². The second-order valence-electron chi connectivity index (χ2n) is 10.2. The van der Waals surface area contributed by atoms with Gasteiger partial charge in [0.2, 0.25) is 5.95 Å². The van der Waals surface area contributed by atoms with Crippen LogP contribution in [0.4, 0.5) is 17.6 Å². The lowest BCUT2D eigenvalue weighted by molar-refractivity contribution is 0.0734. The van der Waals surface area contributed by atoms with Crippen LogP contribution in [-0.2, 0) is 7.05 Å². The lowest BCUT2D eigenvalue weighted by atomic mass is 9.88. The highest BCUT2D eigenvalue weighted by atomic mass is 15.2. The number of aryl methyl sites for hydroxylation is 2. The van der Waals surface area contributed by atoms with Crippen molar-refractivity contribution in [3.8, 4) is 17.2 Å². The van der Waals surface area contributed by atoms with Gasteiger partial charge in [0.15, 0.2) is 5.82 Å². The summed E-state index contributed by atoms with van der Waals surface area (Å²) in [7, 11) is 1.92. The molecule has 4 aromatic rings. The standard InChI is InChI=1S/C28H36N10/c1-5-22-14-21(15-23(6-2)38(22)11-7-10-29)31-28-32-25-13-19(20-16-30-37(4)17-20)8-9-24(25)27(34-28)33-26-12-18(3)35-36-26/h8-9,12-13,16-17,21-23H,5-7,11,14-15H2,1-4H3,(H3,31,32,33,34,35,36). The first-order chi connectivity index (χ1) is 18.5. The van der Waals surface area contributed by atoms with Gasteiger partial charge in [0.25, 0.3) is 0 Å². The van der Waals surface area contributed by atoms with Gasteiger partial charge in [0.05, 0.1) is 17.8 Å². The number of benzene rings is 1. The fourth-order valence-corrected chi connectivity index (χ4v) is 5.61. The molecule has 3 N–H and O–H groups in total. The third kappa shape index (κ3) is 5.48. The molecular formula is C28H36N10. The molecule has 0 radical (unpaired) electrons. The van der Waals surface area contributed by atoms with Crippen molar-refractivity contribution in [3.63, 3.8) is 0 Å². The van der Waals surface area contributed by atoms with Crippen molar-refractivity contribution >= 4 is 28.5 Å². The van der Waals surface area contributed by atoms with Crippen LogP contribution in [-0.4, -0.2) is 59.5 Å². The highest BCUT2D eigenvalue weighted by Crippen LogP contribution is 2.32. The Balaban J connectivity index is 1.48. The fourth-order valence-electron chi connectivity index (χ4n) is 5.61. The zero-order valence-corrected chi connectivity index (χ0v) is 22.6. The van der Waals surface area contributed by atoms with Crippen LogP contribution in [0.3, 0.4) is 0 Å². The minimum absolute atomic E-state index is 0.252. The maximum absolute atomic E-state index is 9.15. The number of rotatable bonds is 9. The Hall–Kier alpha value is -3.97. The minimum atomic E-state index is 0.252. The Morgan fingerprint density at radius 2 is 1.89 bits per heavy atom. The molecule has 1 saturated heterocycles. The lowest BCUT2D eigenvalue weighted by Gasteiger charge is -2.45. The van der Waals surface area contributed by atoms with Crippen LogP contribution in [0.5, 0.6) is 0 Å². The molecule has 0 bridgehead atoms. The van der Waals surface area contributed by atoms with Crippen LogP contribution >= 0.6 is 0 Å². The predicted molar refractivity (Wildman–Crippen MR) is 150 cm³/mol. The number of nitrogens with one attached hydrogen (secondary N) is 3. The zero-order valence-electron chi connectivity index (χ0n) is 22.6. The van der Waals surface area contributed by atoms with Gasteiger partial charge in [0.1, 0.15) is 5.82 Å². The average molecular weight is 513 g/mol. The number of fused-ring (bicyclic) bond motifs is 1. The van der Waals surface area contributed by atoms with Crippen LogP contribution in [0, 0.1) is 18.3 Å². The largest absolute Gasteiger partial charge is 0.351 e. The summed E-state index contributed by atoms with van der Waals surface area (Å²) in [6, 6.07) is 11.6. The van der Waals surface area contributed by atoms with Gasteiger partial charge in [-0.2, -0.15) is 20.4 Å². The van der Waals surface area contributed by atoms with E-state index < -0.39 is 0 Å². The van der Waals surface area contributed by atoms with E-state index in [0.29, 0.717) is 36.1 Å². The van der Waals surface area contributed by atoms with Crippen molar-refractivity contribution in [1.29, 1.82) is 5.26 Å². The number of piperidine rings is 1. The first-order valence-corrected chi connectivity index (χ1v) is 13.5. The summed E-state index contributed by atoms with van der Waals surface area (Å²) in [5, 5.41) is 28.8. The van der Waals surface area contributed by atoms with Crippen LogP contribution in [0.2, 0.25) is 0 Å². The van der Waals surface area contributed by atoms with E-state index in [1.165, 1.54) is 0 Å². The highest BCUT2D eigenvalue weighted by molar-refractivity contribution is 5.94. The molecule has 38 heavy (non-hydrogen) atoms. The average Bonchev–Trinajstić information content (AvgIpc) is 3.54. The third-order valence-corrected chi connectivity index (χ3v) is 7.50. The number of aromatic nitrogens is 6. The van der Waals surface area contributed by atoms with Crippen molar-refractivity contribution in [1.82, 2.24) is 34.8 Å². The molecular weight excluding hydrogens is 476 g/mol. The molecule has 10 nitrogen and oxygen atoms in total. The smallest absolute Gasteiger partial charge is 0.225 e. The quantitative estimate of drug-likeness (QED) is 0.281. The summed E-state index contributed by atoms with van der Waals surface area (Å²) < 4.78 is 1.80. The van der Waals surface area contributed by atoms with Gasteiger partial charge < -0.3 is 10.6 Å². The first kappa shape index (κ1) is 25.7. The Morgan fingerprint density at radius 1 is 1.11 bits per heavy atom. The number of nitriles is 1. The Kier molecular flexibility index (Phi) is 7.56. The normalized spacial score (nSPS) is 19.9. The second kappa shape index (κ2) is 11.2. The summed E-state index contributed by atoms with van der Waals surface area (Å²) >= 11 is 0. The molecule has 2 unspecified atom stereocenters. The van der Waals surface area contributed by atoms with Crippen LogP contribution in [0.25, 0.3) is 22.0 Å². The lowest BCUT2D eigenvalue weighted by Crippen LogP contribution is -2.52. The molecule has 198 valence electrons. The van der Waals surface area contributed by atoms with E-state index in [9.17, 15) is 0 Å². The van der Waals surface area contributed by atoms with Crippen molar-refractivity contribution < 1.29 is 0 Å². The van der Waals surface area contributed by atoms with Gasteiger partial charge in [-0.15, -0.1) is 0 Å². The molecule has 2 atom stereocenters. The van der Waals surface area contributed by atoms with Gasteiger partial charge in [0, 0.05) is 67.0 Å². The molecule has 0 saturated carbocycles. The fraction of sp³-hybridized carbons (Fsp3) is 0.464. The van der Waals surface area contributed by atoms with Crippen molar-refractivity contribution in [3.05, 3.63) is 42.4 Å². The molecule has 1 fully saturated rings. The Labute approximate surface area is 223 Å². The Morgan fingerprint density at radius 3 is 2.53 bits per heavy atom. The summed E-state index contributed by atoms with van der Waals surface area (Å²) in [6.07, 6.45) is 8.54. The van der Waals surface area contributed by atoms with Crippen molar-refractivity contribution in [2.45, 2.75) is 71.0 Å². The van der Waals surface area contributed by atoms with Crippen LogP contribution < -0.4 is 10.6 Å². The number of anilines is 3. The van der Waals surface area contributed by atoms with E-state index in [0.717, 1.165) is 60.0 Å². The molecule has 1 aliphatic heterocycles. The van der Waals surface area contributed by atoms with Crippen LogP contribution in [0.1, 0.15) is 51.6 Å². The summed E-state index contributed by atoms with van der Waals surface area (Å²) in [6.45, 7) is 7.28. The number of aromatic amines is 1. The van der Waals surface area contributed by atoms with E-state index in [-0.39, 0.29) is 6.04 Å². The summed E-state index contributed by atoms with van der Waals surface area (Å²) in [5.41, 5.74) is 3.92.